The zero-order valence-electron chi connectivity index (χ0n) is 11.2. The van der Waals surface area contributed by atoms with Gasteiger partial charge in [0.05, 0.1) is 6.04 Å². The van der Waals surface area contributed by atoms with Crippen LogP contribution in [0.5, 0.6) is 0 Å². The fourth-order valence-corrected chi connectivity index (χ4v) is 2.60. The molecule has 0 radical (unpaired) electrons. The van der Waals surface area contributed by atoms with Crippen LogP contribution in [0.15, 0.2) is 34.4 Å². The summed E-state index contributed by atoms with van der Waals surface area (Å²) in [5.41, 5.74) is 1.58. The number of aromatic nitrogens is 1. The van der Waals surface area contributed by atoms with E-state index in [4.69, 9.17) is 0 Å². The Morgan fingerprint density at radius 2 is 2.05 bits per heavy atom. The molecule has 2 rings (SSSR count). The van der Waals surface area contributed by atoms with E-state index in [1.54, 1.807) is 24.4 Å². The molecule has 6 heteroatoms. The van der Waals surface area contributed by atoms with Gasteiger partial charge in [-0.05, 0) is 31.5 Å². The SMILES string of the molecule is Cc1csc(=O)n1CC(=O)N[C@H](C)c1ccc(F)cc1. The fraction of sp³-hybridized carbons (Fsp3) is 0.286. The standard InChI is InChI=1S/C14H15FN2O2S/c1-9-8-20-14(19)17(9)7-13(18)16-10(2)11-3-5-12(15)6-4-11/h3-6,8,10H,7H2,1-2H3,(H,16,18)/t10-/m1/s1. The maximum absolute atomic E-state index is 12.8. The maximum Gasteiger partial charge on any atom is 0.307 e. The molecule has 4 nitrogen and oxygen atoms in total. The minimum absolute atomic E-state index is 0.000296. The van der Waals surface area contributed by atoms with E-state index in [0.29, 0.717) is 0 Å². The molecule has 0 fully saturated rings. The second-order valence-electron chi connectivity index (χ2n) is 4.57. The number of rotatable bonds is 4. The van der Waals surface area contributed by atoms with Gasteiger partial charge in [-0.2, -0.15) is 0 Å². The molecule has 1 aromatic heterocycles. The Hall–Kier alpha value is -1.95. The second-order valence-corrected chi connectivity index (χ2v) is 5.39. The van der Waals surface area contributed by atoms with Crippen LogP contribution in [0.3, 0.4) is 0 Å². The quantitative estimate of drug-likeness (QED) is 0.940. The number of nitrogens with one attached hydrogen (secondary N) is 1. The molecule has 0 spiro atoms. The van der Waals surface area contributed by atoms with E-state index in [1.165, 1.54) is 16.7 Å². The lowest BCUT2D eigenvalue weighted by Gasteiger charge is -2.14. The number of hydrogen-bond donors (Lipinski definition) is 1. The Morgan fingerprint density at radius 1 is 1.40 bits per heavy atom. The summed E-state index contributed by atoms with van der Waals surface area (Å²) >= 11 is 1.08. The van der Waals surface area contributed by atoms with E-state index in [1.807, 2.05) is 6.92 Å². The lowest BCUT2D eigenvalue weighted by atomic mass is 10.1. The number of carbonyl (C=O) groups excluding carboxylic acids is 1. The molecule has 1 heterocycles. The van der Waals surface area contributed by atoms with Gasteiger partial charge in [-0.25, -0.2) is 4.39 Å². The van der Waals surface area contributed by atoms with Gasteiger partial charge in [0.25, 0.3) is 0 Å². The summed E-state index contributed by atoms with van der Waals surface area (Å²) in [4.78, 5) is 23.3. The average Bonchev–Trinajstić information content (AvgIpc) is 2.71. The van der Waals surface area contributed by atoms with Crippen LogP contribution in [0.25, 0.3) is 0 Å². The largest absolute Gasteiger partial charge is 0.348 e. The molecule has 20 heavy (non-hydrogen) atoms. The summed E-state index contributed by atoms with van der Waals surface area (Å²) in [6.07, 6.45) is 0. The van der Waals surface area contributed by atoms with Gasteiger partial charge >= 0.3 is 4.87 Å². The van der Waals surface area contributed by atoms with Gasteiger partial charge < -0.3 is 5.32 Å². The van der Waals surface area contributed by atoms with Crippen molar-refractivity contribution in [2.75, 3.05) is 0 Å². The van der Waals surface area contributed by atoms with E-state index in [2.05, 4.69) is 5.32 Å². The molecule has 1 atom stereocenters. The molecule has 1 N–H and O–H groups in total. The molecular formula is C14H15FN2O2S. The number of carbonyl (C=O) groups is 1. The topological polar surface area (TPSA) is 51.1 Å². The maximum atomic E-state index is 12.8. The number of amides is 1. The molecule has 1 aromatic carbocycles. The van der Waals surface area contributed by atoms with Crippen molar-refractivity contribution >= 4 is 17.2 Å². The third-order valence-electron chi connectivity index (χ3n) is 3.03. The summed E-state index contributed by atoms with van der Waals surface area (Å²) in [5, 5.41) is 4.51. The Morgan fingerprint density at radius 3 is 2.60 bits per heavy atom. The number of benzene rings is 1. The minimum atomic E-state index is -0.312. The van der Waals surface area contributed by atoms with Crippen molar-refractivity contribution in [3.05, 3.63) is 56.4 Å². The minimum Gasteiger partial charge on any atom is -0.348 e. The first-order chi connectivity index (χ1) is 9.47. The van der Waals surface area contributed by atoms with Gasteiger partial charge in [0, 0.05) is 11.1 Å². The highest BCUT2D eigenvalue weighted by Crippen LogP contribution is 2.12. The fourth-order valence-electron chi connectivity index (χ4n) is 1.86. The molecule has 0 unspecified atom stereocenters. The molecule has 0 saturated carbocycles. The van der Waals surface area contributed by atoms with Crippen LogP contribution in [0, 0.1) is 12.7 Å². The summed E-state index contributed by atoms with van der Waals surface area (Å²) in [6, 6.07) is 5.72. The lowest BCUT2D eigenvalue weighted by molar-refractivity contribution is -0.122. The van der Waals surface area contributed by atoms with Crippen molar-refractivity contribution in [2.24, 2.45) is 0 Å². The van der Waals surface area contributed by atoms with Crippen LogP contribution in [-0.4, -0.2) is 10.5 Å². The number of halogens is 1. The van der Waals surface area contributed by atoms with Crippen molar-refractivity contribution in [2.45, 2.75) is 26.4 Å². The Kier molecular flexibility index (Phi) is 4.34. The summed E-state index contributed by atoms with van der Waals surface area (Å²) < 4.78 is 14.3. The molecule has 0 aliphatic heterocycles. The van der Waals surface area contributed by atoms with Crippen molar-refractivity contribution < 1.29 is 9.18 Å². The van der Waals surface area contributed by atoms with Crippen LogP contribution in [0.4, 0.5) is 4.39 Å². The molecule has 0 saturated heterocycles. The zero-order valence-corrected chi connectivity index (χ0v) is 12.0. The van der Waals surface area contributed by atoms with E-state index in [9.17, 15) is 14.0 Å². The smallest absolute Gasteiger partial charge is 0.307 e. The van der Waals surface area contributed by atoms with Crippen molar-refractivity contribution in [1.82, 2.24) is 9.88 Å². The van der Waals surface area contributed by atoms with Crippen LogP contribution >= 0.6 is 11.3 Å². The first-order valence-corrected chi connectivity index (χ1v) is 7.05. The van der Waals surface area contributed by atoms with Gasteiger partial charge in [0.1, 0.15) is 12.4 Å². The van der Waals surface area contributed by atoms with E-state index < -0.39 is 0 Å². The molecule has 0 aliphatic rings. The first-order valence-electron chi connectivity index (χ1n) is 6.17. The van der Waals surface area contributed by atoms with Crippen molar-refractivity contribution in [3.8, 4) is 0 Å². The molecule has 106 valence electrons. The van der Waals surface area contributed by atoms with Gasteiger partial charge in [-0.3, -0.25) is 14.2 Å². The van der Waals surface area contributed by atoms with E-state index >= 15 is 0 Å². The summed E-state index contributed by atoms with van der Waals surface area (Å²) in [6.45, 7) is 3.60. The number of hydrogen-bond acceptors (Lipinski definition) is 3. The van der Waals surface area contributed by atoms with Crippen molar-refractivity contribution in [1.29, 1.82) is 0 Å². The molecule has 1 amide bonds. The van der Waals surface area contributed by atoms with Crippen LogP contribution in [0.1, 0.15) is 24.2 Å². The lowest BCUT2D eigenvalue weighted by Crippen LogP contribution is -2.32. The third kappa shape index (κ3) is 3.33. The third-order valence-corrected chi connectivity index (χ3v) is 3.91. The van der Waals surface area contributed by atoms with Crippen LogP contribution in [-0.2, 0) is 11.3 Å². The van der Waals surface area contributed by atoms with Crippen molar-refractivity contribution in [3.63, 3.8) is 0 Å². The highest BCUT2D eigenvalue weighted by atomic mass is 32.1. The molecule has 0 aliphatic carbocycles. The zero-order chi connectivity index (χ0) is 14.7. The summed E-state index contributed by atoms with van der Waals surface area (Å²) in [7, 11) is 0. The second kappa shape index (κ2) is 6.00. The highest BCUT2D eigenvalue weighted by molar-refractivity contribution is 7.07. The predicted molar refractivity (Wildman–Crippen MR) is 76.3 cm³/mol. The normalized spacial score (nSPS) is 12.2. The number of nitrogens with zero attached hydrogens (tertiary/aromatic N) is 1. The molecule has 0 bridgehead atoms. The number of aryl methyl sites for hydroxylation is 1. The highest BCUT2D eigenvalue weighted by Gasteiger charge is 2.12. The average molecular weight is 294 g/mol. The monoisotopic (exact) mass is 294 g/mol. The van der Waals surface area contributed by atoms with Gasteiger partial charge in [0.15, 0.2) is 0 Å². The first kappa shape index (κ1) is 14.5. The van der Waals surface area contributed by atoms with E-state index in [-0.39, 0.29) is 29.2 Å². The summed E-state index contributed by atoms with van der Waals surface area (Å²) in [5.74, 6) is -0.557. The molecular weight excluding hydrogens is 279 g/mol. The van der Waals surface area contributed by atoms with Gasteiger partial charge in [-0.15, -0.1) is 0 Å². The van der Waals surface area contributed by atoms with E-state index in [0.717, 1.165) is 22.6 Å². The van der Waals surface area contributed by atoms with Crippen LogP contribution in [0.2, 0.25) is 0 Å². The Balaban J connectivity index is 2.01. The predicted octanol–water partition coefficient (Wildman–Crippen LogP) is 2.23. The Labute approximate surface area is 119 Å². The van der Waals surface area contributed by atoms with Gasteiger partial charge in [0.2, 0.25) is 5.91 Å². The van der Waals surface area contributed by atoms with Gasteiger partial charge in [-0.1, -0.05) is 23.5 Å². The Bertz CT molecular complexity index is 661. The van der Waals surface area contributed by atoms with Crippen LogP contribution < -0.4 is 10.2 Å². The number of thiazole rings is 1. The molecule has 2 aromatic rings.